The van der Waals surface area contributed by atoms with Crippen molar-refractivity contribution in [1.29, 1.82) is 0 Å². The molecule has 136 valence electrons. The van der Waals surface area contributed by atoms with Crippen molar-refractivity contribution in [2.75, 3.05) is 13.6 Å². The van der Waals surface area contributed by atoms with Crippen molar-refractivity contribution in [2.45, 2.75) is 30.8 Å². The Bertz CT molecular complexity index is 828. The maximum absolute atomic E-state index is 13.0. The van der Waals surface area contributed by atoms with E-state index < -0.39 is 17.5 Å². The lowest BCUT2D eigenvalue weighted by Gasteiger charge is -2.41. The van der Waals surface area contributed by atoms with Crippen molar-refractivity contribution in [1.82, 2.24) is 4.90 Å². The molecule has 2 aromatic carbocycles. The second kappa shape index (κ2) is 6.13. The highest BCUT2D eigenvalue weighted by atomic mass is 19.4. The number of ether oxygens (including phenoxy) is 1. The number of halogens is 3. The van der Waals surface area contributed by atoms with Gasteiger partial charge in [-0.3, -0.25) is 9.89 Å². The number of likely N-dealkylation sites (N-methyl/N-ethyl adjacent to an activating group) is 1. The van der Waals surface area contributed by atoms with Gasteiger partial charge in [-0.1, -0.05) is 24.3 Å². The van der Waals surface area contributed by atoms with Crippen molar-refractivity contribution in [3.05, 3.63) is 65.2 Å². The third kappa shape index (κ3) is 2.98. The molecule has 6 heteroatoms. The summed E-state index contributed by atoms with van der Waals surface area (Å²) in [5.41, 5.74) is -0.0452. The Labute approximate surface area is 150 Å². The first-order chi connectivity index (χ1) is 12.4. The molecule has 1 unspecified atom stereocenters. The normalized spacial score (nSPS) is 22.7. The van der Waals surface area contributed by atoms with Crippen LogP contribution in [-0.4, -0.2) is 30.7 Å². The van der Waals surface area contributed by atoms with Gasteiger partial charge in [0.15, 0.2) is 0 Å². The molecule has 0 aromatic heterocycles. The highest BCUT2D eigenvalue weighted by Crippen LogP contribution is 2.41. The van der Waals surface area contributed by atoms with Gasteiger partial charge < -0.3 is 4.74 Å². The van der Waals surface area contributed by atoms with Gasteiger partial charge in [0.25, 0.3) is 0 Å². The lowest BCUT2D eigenvalue weighted by molar-refractivity contribution is -0.137. The van der Waals surface area contributed by atoms with Crippen molar-refractivity contribution in [2.24, 2.45) is 4.99 Å². The van der Waals surface area contributed by atoms with E-state index in [9.17, 15) is 13.2 Å². The lowest BCUT2D eigenvalue weighted by Crippen LogP contribution is -2.52. The van der Waals surface area contributed by atoms with Gasteiger partial charge in [0, 0.05) is 23.4 Å². The molecule has 0 amide bonds. The van der Waals surface area contributed by atoms with Gasteiger partial charge >= 0.3 is 6.18 Å². The van der Waals surface area contributed by atoms with Crippen LogP contribution in [0.4, 0.5) is 13.2 Å². The van der Waals surface area contributed by atoms with Gasteiger partial charge in [0.1, 0.15) is 5.75 Å². The second-order valence-corrected chi connectivity index (χ2v) is 6.81. The van der Waals surface area contributed by atoms with E-state index in [1.165, 1.54) is 12.1 Å². The standard InChI is InChI=1S/C20H19F3N2O/c1-25(17-10-11-17)19(15-6-8-16(9-7-15)20(21,22)23)13-24-12-14-4-2-3-5-18(14)26-19/h2-9,12,17H,10-11,13H2,1H3. The fraction of sp³-hybridized carbons (Fsp3) is 0.350. The van der Waals surface area contributed by atoms with Crippen LogP contribution in [0.1, 0.15) is 29.5 Å². The molecule has 3 nitrogen and oxygen atoms in total. The number of alkyl halides is 3. The van der Waals surface area contributed by atoms with Crippen LogP contribution in [0.3, 0.4) is 0 Å². The third-order valence-corrected chi connectivity index (χ3v) is 5.06. The summed E-state index contributed by atoms with van der Waals surface area (Å²) in [6.45, 7) is 0.319. The zero-order chi connectivity index (χ0) is 18.4. The van der Waals surface area contributed by atoms with Crippen molar-refractivity contribution in [3.63, 3.8) is 0 Å². The number of nitrogens with zero attached hydrogens (tertiary/aromatic N) is 2. The summed E-state index contributed by atoms with van der Waals surface area (Å²) >= 11 is 0. The molecule has 1 atom stereocenters. The smallest absolute Gasteiger partial charge is 0.416 e. The van der Waals surface area contributed by atoms with Crippen LogP contribution in [0.2, 0.25) is 0 Å². The van der Waals surface area contributed by atoms with Gasteiger partial charge in [-0.05, 0) is 44.2 Å². The molecule has 0 spiro atoms. The molecule has 0 bridgehead atoms. The molecule has 0 saturated heterocycles. The molecule has 26 heavy (non-hydrogen) atoms. The Balaban J connectivity index is 1.79. The van der Waals surface area contributed by atoms with Crippen molar-refractivity contribution in [3.8, 4) is 5.75 Å². The SMILES string of the molecule is CN(C1CC1)C1(c2ccc(C(F)(F)F)cc2)CN=Cc2ccccc2O1. The predicted molar refractivity (Wildman–Crippen MR) is 93.4 cm³/mol. The first-order valence-corrected chi connectivity index (χ1v) is 8.59. The van der Waals surface area contributed by atoms with Crippen LogP contribution in [-0.2, 0) is 11.9 Å². The van der Waals surface area contributed by atoms with E-state index >= 15 is 0 Å². The zero-order valence-electron chi connectivity index (χ0n) is 14.3. The van der Waals surface area contributed by atoms with E-state index in [1.807, 2.05) is 31.3 Å². The number of para-hydroxylation sites is 1. The summed E-state index contributed by atoms with van der Waals surface area (Å²) in [7, 11) is 1.96. The summed E-state index contributed by atoms with van der Waals surface area (Å²) < 4.78 is 45.3. The Hall–Kier alpha value is -2.34. The maximum atomic E-state index is 13.0. The van der Waals surface area contributed by atoms with Crippen LogP contribution in [0, 0.1) is 0 Å². The van der Waals surface area contributed by atoms with Gasteiger partial charge in [0.05, 0.1) is 12.1 Å². The second-order valence-electron chi connectivity index (χ2n) is 6.81. The quantitative estimate of drug-likeness (QED) is 0.807. The molecule has 1 aliphatic carbocycles. The van der Waals surface area contributed by atoms with Crippen LogP contribution in [0.25, 0.3) is 0 Å². The van der Waals surface area contributed by atoms with Crippen LogP contribution < -0.4 is 4.74 Å². The third-order valence-electron chi connectivity index (χ3n) is 5.06. The number of aliphatic imine (C=N–C) groups is 1. The van der Waals surface area contributed by atoms with E-state index in [2.05, 4.69) is 9.89 Å². The molecule has 0 N–H and O–H groups in total. The molecule has 1 fully saturated rings. The monoisotopic (exact) mass is 360 g/mol. The van der Waals surface area contributed by atoms with E-state index in [-0.39, 0.29) is 0 Å². The highest BCUT2D eigenvalue weighted by Gasteiger charge is 2.46. The summed E-state index contributed by atoms with van der Waals surface area (Å²) in [5, 5.41) is 0. The van der Waals surface area contributed by atoms with Gasteiger partial charge in [-0.2, -0.15) is 13.2 Å². The van der Waals surface area contributed by atoms with Gasteiger partial charge in [0.2, 0.25) is 5.72 Å². The number of rotatable bonds is 3. The summed E-state index contributed by atoms with van der Waals surface area (Å²) in [6.07, 6.45) is -0.494. The molecule has 1 saturated carbocycles. The fourth-order valence-corrected chi connectivity index (χ4v) is 3.38. The molecule has 0 radical (unpaired) electrons. The minimum atomic E-state index is -4.36. The van der Waals surface area contributed by atoms with Crippen LogP contribution in [0.5, 0.6) is 5.75 Å². The molecule has 4 rings (SSSR count). The van der Waals surface area contributed by atoms with E-state index in [4.69, 9.17) is 4.74 Å². The van der Waals surface area contributed by atoms with Crippen LogP contribution >= 0.6 is 0 Å². The van der Waals surface area contributed by atoms with Crippen LogP contribution in [0.15, 0.2) is 53.5 Å². The Morgan fingerprint density at radius 1 is 1.08 bits per heavy atom. The predicted octanol–water partition coefficient (Wildman–Crippen LogP) is 4.46. The highest BCUT2D eigenvalue weighted by molar-refractivity contribution is 5.84. The molecular weight excluding hydrogens is 341 g/mol. The van der Waals surface area contributed by atoms with E-state index in [1.54, 1.807) is 6.21 Å². The van der Waals surface area contributed by atoms with Gasteiger partial charge in [-0.25, -0.2) is 0 Å². The number of fused-ring (bicyclic) bond motifs is 1. The number of benzene rings is 2. The molecular formula is C20H19F3N2O. The Kier molecular flexibility index (Phi) is 4.03. The minimum absolute atomic E-state index is 0.319. The fourth-order valence-electron chi connectivity index (χ4n) is 3.38. The first-order valence-electron chi connectivity index (χ1n) is 8.59. The number of hydrogen-bond donors (Lipinski definition) is 0. The molecule has 1 heterocycles. The average molecular weight is 360 g/mol. The van der Waals surface area contributed by atoms with Crippen molar-refractivity contribution < 1.29 is 17.9 Å². The lowest BCUT2D eigenvalue weighted by atomic mass is 9.98. The average Bonchev–Trinajstić information content (AvgIpc) is 3.46. The van der Waals surface area contributed by atoms with Crippen molar-refractivity contribution >= 4 is 6.21 Å². The van der Waals surface area contributed by atoms with E-state index in [0.29, 0.717) is 23.9 Å². The molecule has 2 aromatic rings. The Morgan fingerprint density at radius 3 is 2.42 bits per heavy atom. The summed E-state index contributed by atoms with van der Waals surface area (Å²) in [4.78, 5) is 6.64. The molecule has 1 aliphatic heterocycles. The topological polar surface area (TPSA) is 24.8 Å². The van der Waals surface area contributed by atoms with Gasteiger partial charge in [-0.15, -0.1) is 0 Å². The zero-order valence-corrected chi connectivity index (χ0v) is 14.3. The maximum Gasteiger partial charge on any atom is 0.416 e. The number of hydrogen-bond acceptors (Lipinski definition) is 3. The molecule has 2 aliphatic rings. The minimum Gasteiger partial charge on any atom is -0.466 e. The first kappa shape index (κ1) is 17.1. The Morgan fingerprint density at radius 2 is 1.77 bits per heavy atom. The summed E-state index contributed by atoms with van der Waals surface area (Å²) in [6, 6.07) is 13.2. The van der Waals surface area contributed by atoms with E-state index in [0.717, 1.165) is 30.5 Å². The summed E-state index contributed by atoms with van der Waals surface area (Å²) in [5.74, 6) is 0.682. The largest absolute Gasteiger partial charge is 0.466 e.